The van der Waals surface area contributed by atoms with Crippen LogP contribution >= 0.6 is 12.4 Å². The number of fused-ring (bicyclic) bond motifs is 1. The quantitative estimate of drug-likeness (QED) is 0.876. The summed E-state index contributed by atoms with van der Waals surface area (Å²) < 4.78 is 0. The Labute approximate surface area is 125 Å². The Morgan fingerprint density at radius 3 is 2.45 bits per heavy atom. The molecule has 0 radical (unpaired) electrons. The molecule has 2 aromatic carbocycles. The van der Waals surface area contributed by atoms with Crippen LogP contribution in [0.3, 0.4) is 0 Å². The van der Waals surface area contributed by atoms with E-state index >= 15 is 0 Å². The number of hydrogen-bond donors (Lipinski definition) is 1. The summed E-state index contributed by atoms with van der Waals surface area (Å²) >= 11 is 0. The molecule has 4 heteroatoms. The van der Waals surface area contributed by atoms with Gasteiger partial charge in [-0.25, -0.2) is 4.99 Å². The maximum atomic E-state index is 6.06. The van der Waals surface area contributed by atoms with Gasteiger partial charge in [0.1, 0.15) is 6.04 Å². The Balaban J connectivity index is 0.00000147. The van der Waals surface area contributed by atoms with Gasteiger partial charge in [-0.2, -0.15) is 0 Å². The van der Waals surface area contributed by atoms with Crippen molar-refractivity contribution in [2.45, 2.75) is 12.6 Å². The van der Waals surface area contributed by atoms with Gasteiger partial charge in [0.05, 0.1) is 0 Å². The highest BCUT2D eigenvalue weighted by atomic mass is 35.5. The SMILES string of the molecule is CN1Cc2ccccc2C(c2ccccc2)N=C1N.Cl. The van der Waals surface area contributed by atoms with E-state index in [1.165, 1.54) is 16.7 Å². The van der Waals surface area contributed by atoms with E-state index in [0.29, 0.717) is 5.96 Å². The molecule has 2 aromatic rings. The third-order valence-corrected chi connectivity index (χ3v) is 3.52. The van der Waals surface area contributed by atoms with Crippen molar-refractivity contribution >= 4 is 18.4 Å². The summed E-state index contributed by atoms with van der Waals surface area (Å²) in [6.45, 7) is 0.800. The molecule has 104 valence electrons. The molecule has 0 aliphatic carbocycles. The number of nitrogens with zero attached hydrogens (tertiary/aromatic N) is 2. The summed E-state index contributed by atoms with van der Waals surface area (Å²) in [6, 6.07) is 18.7. The second kappa shape index (κ2) is 5.97. The molecule has 0 fully saturated rings. The average molecular weight is 288 g/mol. The lowest BCUT2D eigenvalue weighted by Crippen LogP contribution is -2.32. The monoisotopic (exact) mass is 287 g/mol. The lowest BCUT2D eigenvalue weighted by molar-refractivity contribution is 0.497. The van der Waals surface area contributed by atoms with Gasteiger partial charge in [0.15, 0.2) is 5.96 Å². The molecule has 1 heterocycles. The molecule has 1 atom stereocenters. The average Bonchev–Trinajstić information content (AvgIpc) is 2.58. The zero-order valence-corrected chi connectivity index (χ0v) is 12.2. The molecule has 2 N–H and O–H groups in total. The van der Waals surface area contributed by atoms with Crippen LogP contribution < -0.4 is 5.73 Å². The third kappa shape index (κ3) is 2.63. The smallest absolute Gasteiger partial charge is 0.192 e. The summed E-state index contributed by atoms with van der Waals surface area (Å²) in [5.41, 5.74) is 9.75. The molecule has 0 amide bonds. The van der Waals surface area contributed by atoms with Crippen LogP contribution in [-0.4, -0.2) is 17.9 Å². The molecule has 0 aromatic heterocycles. The van der Waals surface area contributed by atoms with Crippen LogP contribution in [0.2, 0.25) is 0 Å². The minimum Gasteiger partial charge on any atom is -0.370 e. The van der Waals surface area contributed by atoms with Crippen LogP contribution in [0.4, 0.5) is 0 Å². The van der Waals surface area contributed by atoms with Crippen LogP contribution in [0.15, 0.2) is 59.6 Å². The van der Waals surface area contributed by atoms with Crippen molar-refractivity contribution in [1.82, 2.24) is 4.90 Å². The van der Waals surface area contributed by atoms with Crippen molar-refractivity contribution in [3.63, 3.8) is 0 Å². The van der Waals surface area contributed by atoms with Crippen LogP contribution in [-0.2, 0) is 6.54 Å². The van der Waals surface area contributed by atoms with Crippen molar-refractivity contribution in [3.05, 3.63) is 71.3 Å². The number of rotatable bonds is 1. The number of aliphatic imine (C=N–C) groups is 1. The first kappa shape index (κ1) is 14.4. The van der Waals surface area contributed by atoms with Gasteiger partial charge < -0.3 is 10.6 Å². The summed E-state index contributed by atoms with van der Waals surface area (Å²) in [5.74, 6) is 0.588. The molecule has 1 aliphatic heterocycles. The number of guanidine groups is 1. The normalized spacial score (nSPS) is 17.6. The molecular formula is C16H18ClN3. The summed E-state index contributed by atoms with van der Waals surface area (Å²) in [4.78, 5) is 6.68. The Bertz CT molecular complexity index is 610. The Morgan fingerprint density at radius 1 is 1.05 bits per heavy atom. The maximum absolute atomic E-state index is 6.06. The van der Waals surface area contributed by atoms with Gasteiger partial charge in [-0.3, -0.25) is 0 Å². The van der Waals surface area contributed by atoms with Crippen LogP contribution in [0.5, 0.6) is 0 Å². The first-order valence-corrected chi connectivity index (χ1v) is 6.43. The van der Waals surface area contributed by atoms with Crippen molar-refractivity contribution < 1.29 is 0 Å². The van der Waals surface area contributed by atoms with E-state index in [1.807, 2.05) is 30.1 Å². The first-order valence-electron chi connectivity index (χ1n) is 6.43. The topological polar surface area (TPSA) is 41.6 Å². The molecule has 0 saturated carbocycles. The van der Waals surface area contributed by atoms with Crippen molar-refractivity contribution in [3.8, 4) is 0 Å². The van der Waals surface area contributed by atoms with Crippen LogP contribution in [0.25, 0.3) is 0 Å². The van der Waals surface area contributed by atoms with Crippen LogP contribution in [0, 0.1) is 0 Å². The third-order valence-electron chi connectivity index (χ3n) is 3.52. The van der Waals surface area contributed by atoms with Crippen LogP contribution in [0.1, 0.15) is 22.7 Å². The molecule has 3 nitrogen and oxygen atoms in total. The summed E-state index contributed by atoms with van der Waals surface area (Å²) in [6.07, 6.45) is 0. The fraction of sp³-hybridized carbons (Fsp3) is 0.188. The summed E-state index contributed by atoms with van der Waals surface area (Å²) in [5, 5.41) is 0. The Morgan fingerprint density at radius 2 is 1.70 bits per heavy atom. The molecule has 0 bridgehead atoms. The minimum atomic E-state index is -0.0117. The van der Waals surface area contributed by atoms with Crippen molar-refractivity contribution in [2.75, 3.05) is 7.05 Å². The van der Waals surface area contributed by atoms with E-state index in [-0.39, 0.29) is 18.4 Å². The van der Waals surface area contributed by atoms with Crippen molar-refractivity contribution in [2.24, 2.45) is 10.7 Å². The standard InChI is InChI=1S/C16H17N3.ClH/c1-19-11-13-9-5-6-10-14(13)15(18-16(19)17)12-7-3-2-4-8-12;/h2-10,15H,11H2,1H3,(H2,17,18);1H. The van der Waals surface area contributed by atoms with Gasteiger partial charge >= 0.3 is 0 Å². The molecule has 20 heavy (non-hydrogen) atoms. The highest BCUT2D eigenvalue weighted by molar-refractivity contribution is 5.85. The minimum absolute atomic E-state index is 0. The lowest BCUT2D eigenvalue weighted by Gasteiger charge is -2.15. The largest absolute Gasteiger partial charge is 0.370 e. The van der Waals surface area contributed by atoms with Gasteiger partial charge in [0.2, 0.25) is 0 Å². The van der Waals surface area contributed by atoms with E-state index in [0.717, 1.165) is 6.54 Å². The van der Waals surface area contributed by atoms with Gasteiger partial charge in [-0.1, -0.05) is 54.6 Å². The van der Waals surface area contributed by atoms with E-state index in [9.17, 15) is 0 Å². The fourth-order valence-corrected chi connectivity index (χ4v) is 2.47. The Kier molecular flexibility index (Phi) is 4.30. The molecule has 1 unspecified atom stereocenters. The number of benzene rings is 2. The molecule has 0 saturated heterocycles. The number of nitrogens with two attached hydrogens (primary N) is 1. The second-order valence-corrected chi connectivity index (χ2v) is 4.86. The predicted molar refractivity (Wildman–Crippen MR) is 85.1 cm³/mol. The van der Waals surface area contributed by atoms with Gasteiger partial charge in [-0.15, -0.1) is 12.4 Å². The maximum Gasteiger partial charge on any atom is 0.192 e. The first-order chi connectivity index (χ1) is 9.25. The number of hydrogen-bond acceptors (Lipinski definition) is 3. The molecule has 0 spiro atoms. The van der Waals surface area contributed by atoms with E-state index < -0.39 is 0 Å². The fourth-order valence-electron chi connectivity index (χ4n) is 2.47. The van der Waals surface area contributed by atoms with Gasteiger partial charge in [-0.05, 0) is 16.7 Å². The van der Waals surface area contributed by atoms with Gasteiger partial charge in [0, 0.05) is 13.6 Å². The molecule has 1 aliphatic rings. The van der Waals surface area contributed by atoms with Crippen molar-refractivity contribution in [1.29, 1.82) is 0 Å². The zero-order chi connectivity index (χ0) is 13.2. The van der Waals surface area contributed by atoms with E-state index in [1.54, 1.807) is 0 Å². The highest BCUT2D eigenvalue weighted by Crippen LogP contribution is 2.31. The highest BCUT2D eigenvalue weighted by Gasteiger charge is 2.21. The number of halogens is 1. The Hall–Kier alpha value is -2.00. The lowest BCUT2D eigenvalue weighted by atomic mass is 9.95. The molecular weight excluding hydrogens is 270 g/mol. The predicted octanol–water partition coefficient (Wildman–Crippen LogP) is 2.96. The van der Waals surface area contributed by atoms with Gasteiger partial charge in [0.25, 0.3) is 0 Å². The second-order valence-electron chi connectivity index (χ2n) is 4.86. The van der Waals surface area contributed by atoms with E-state index in [4.69, 9.17) is 5.73 Å². The summed E-state index contributed by atoms with van der Waals surface area (Å²) in [7, 11) is 1.98. The van der Waals surface area contributed by atoms with E-state index in [2.05, 4.69) is 41.4 Å². The zero-order valence-electron chi connectivity index (χ0n) is 11.4. The molecule has 3 rings (SSSR count).